The van der Waals surface area contributed by atoms with Gasteiger partial charge in [0.05, 0.1) is 0 Å². The van der Waals surface area contributed by atoms with Gasteiger partial charge in [-0.25, -0.2) is 0 Å². The molecule has 0 aliphatic heterocycles. The molecule has 0 spiro atoms. The Labute approximate surface area is 99.6 Å². The summed E-state index contributed by atoms with van der Waals surface area (Å²) < 4.78 is 0. The monoisotopic (exact) mass is 230 g/mol. The van der Waals surface area contributed by atoms with Crippen LogP contribution in [0.2, 0.25) is 0 Å². The van der Waals surface area contributed by atoms with Gasteiger partial charge in [0, 0.05) is 12.7 Å². The number of rotatable bonds is 3. The lowest BCUT2D eigenvalue weighted by atomic mass is 10.0. The van der Waals surface area contributed by atoms with Crippen LogP contribution in [0.5, 0.6) is 11.5 Å². The molecule has 3 heteroatoms. The van der Waals surface area contributed by atoms with Crippen molar-refractivity contribution in [2.24, 2.45) is 0 Å². The molecule has 2 aromatic rings. The molecule has 0 radical (unpaired) electrons. The Bertz CT molecular complexity index is 483. The summed E-state index contributed by atoms with van der Waals surface area (Å²) in [5.74, 6) is 0.0823. The first-order chi connectivity index (χ1) is 8.19. The number of aliphatic hydroxyl groups excluding tert-OH is 1. The summed E-state index contributed by atoms with van der Waals surface area (Å²) >= 11 is 0. The van der Waals surface area contributed by atoms with Crippen molar-refractivity contribution < 1.29 is 15.3 Å². The standard InChI is InChI=1S/C14H14O3/c15-6-5-10-1-3-11(4-2-10)12-7-13(16)9-14(17)8-12/h1-4,7-9,15-17H,5-6H2. The highest BCUT2D eigenvalue weighted by molar-refractivity contribution is 5.67. The maximum atomic E-state index is 9.40. The van der Waals surface area contributed by atoms with Crippen molar-refractivity contribution in [3.8, 4) is 22.6 Å². The van der Waals surface area contributed by atoms with E-state index in [0.29, 0.717) is 6.42 Å². The molecular weight excluding hydrogens is 216 g/mol. The van der Waals surface area contributed by atoms with Crippen LogP contribution in [-0.2, 0) is 6.42 Å². The van der Waals surface area contributed by atoms with Gasteiger partial charge in [-0.15, -0.1) is 0 Å². The first-order valence-corrected chi connectivity index (χ1v) is 5.42. The van der Waals surface area contributed by atoms with Crippen molar-refractivity contribution >= 4 is 0 Å². The summed E-state index contributed by atoms with van der Waals surface area (Å²) in [7, 11) is 0. The smallest absolute Gasteiger partial charge is 0.119 e. The maximum absolute atomic E-state index is 9.40. The minimum Gasteiger partial charge on any atom is -0.508 e. The Kier molecular flexibility index (Phi) is 3.30. The molecule has 0 heterocycles. The summed E-state index contributed by atoms with van der Waals surface area (Å²) in [5.41, 5.74) is 2.73. The SMILES string of the molecule is OCCc1ccc(-c2cc(O)cc(O)c2)cc1. The van der Waals surface area contributed by atoms with E-state index >= 15 is 0 Å². The predicted molar refractivity (Wildman–Crippen MR) is 66.0 cm³/mol. The Balaban J connectivity index is 2.32. The Morgan fingerprint density at radius 3 is 1.88 bits per heavy atom. The second-order valence-electron chi connectivity index (χ2n) is 3.91. The molecule has 0 saturated heterocycles. The third kappa shape index (κ3) is 2.77. The van der Waals surface area contributed by atoms with Crippen LogP contribution < -0.4 is 0 Å². The van der Waals surface area contributed by atoms with Crippen LogP contribution in [-0.4, -0.2) is 21.9 Å². The molecule has 0 aromatic heterocycles. The normalized spacial score (nSPS) is 10.4. The highest BCUT2D eigenvalue weighted by Gasteiger charge is 2.02. The fraction of sp³-hybridized carbons (Fsp3) is 0.143. The molecular formula is C14H14O3. The second-order valence-corrected chi connectivity index (χ2v) is 3.91. The van der Waals surface area contributed by atoms with Crippen LogP contribution in [0.3, 0.4) is 0 Å². The predicted octanol–water partition coefficient (Wildman–Crippen LogP) is 2.30. The molecule has 0 saturated carbocycles. The van der Waals surface area contributed by atoms with E-state index in [1.165, 1.54) is 6.07 Å². The van der Waals surface area contributed by atoms with Crippen LogP contribution >= 0.6 is 0 Å². The Hall–Kier alpha value is -2.00. The number of benzene rings is 2. The van der Waals surface area contributed by atoms with Gasteiger partial charge in [-0.3, -0.25) is 0 Å². The third-order valence-electron chi connectivity index (χ3n) is 2.59. The molecule has 17 heavy (non-hydrogen) atoms. The van der Waals surface area contributed by atoms with Gasteiger partial charge in [0.2, 0.25) is 0 Å². The van der Waals surface area contributed by atoms with Gasteiger partial charge in [0.15, 0.2) is 0 Å². The maximum Gasteiger partial charge on any atom is 0.119 e. The first kappa shape index (κ1) is 11.5. The van der Waals surface area contributed by atoms with Crippen LogP contribution in [0.15, 0.2) is 42.5 Å². The lowest BCUT2D eigenvalue weighted by Crippen LogP contribution is -1.89. The summed E-state index contributed by atoms with van der Waals surface area (Å²) in [6, 6.07) is 12.1. The third-order valence-corrected chi connectivity index (χ3v) is 2.59. The van der Waals surface area contributed by atoms with E-state index in [9.17, 15) is 10.2 Å². The number of aromatic hydroxyl groups is 2. The van der Waals surface area contributed by atoms with Gasteiger partial charge >= 0.3 is 0 Å². The number of hydrogen-bond donors (Lipinski definition) is 3. The second kappa shape index (κ2) is 4.89. The molecule has 2 rings (SSSR count). The molecule has 3 N–H and O–H groups in total. The number of phenolic OH excluding ortho intramolecular Hbond substituents is 2. The van der Waals surface area contributed by atoms with Crippen LogP contribution in [0.1, 0.15) is 5.56 Å². The minimum absolute atomic E-state index is 0.0411. The van der Waals surface area contributed by atoms with Crippen molar-refractivity contribution in [1.82, 2.24) is 0 Å². The van der Waals surface area contributed by atoms with Gasteiger partial charge in [0.1, 0.15) is 11.5 Å². The molecule has 0 aliphatic rings. The number of hydrogen-bond acceptors (Lipinski definition) is 3. The van der Waals surface area contributed by atoms with Gasteiger partial charge < -0.3 is 15.3 Å². The molecule has 0 aliphatic carbocycles. The van der Waals surface area contributed by atoms with Gasteiger partial charge in [0.25, 0.3) is 0 Å². The quantitative estimate of drug-likeness (QED) is 0.758. The van der Waals surface area contributed by atoms with Crippen molar-refractivity contribution in [2.45, 2.75) is 6.42 Å². The van der Waals surface area contributed by atoms with Crippen LogP contribution in [0, 0.1) is 0 Å². The zero-order valence-electron chi connectivity index (χ0n) is 9.30. The topological polar surface area (TPSA) is 60.7 Å². The van der Waals surface area contributed by atoms with Crippen molar-refractivity contribution in [1.29, 1.82) is 0 Å². The summed E-state index contributed by atoms with van der Waals surface area (Å²) in [5, 5.41) is 27.6. The summed E-state index contributed by atoms with van der Waals surface area (Å²) in [6.45, 7) is 0.131. The molecule has 0 fully saturated rings. The number of phenols is 2. The van der Waals surface area contributed by atoms with E-state index in [1.807, 2.05) is 24.3 Å². The fourth-order valence-electron chi connectivity index (χ4n) is 1.75. The van der Waals surface area contributed by atoms with Crippen molar-refractivity contribution in [3.63, 3.8) is 0 Å². The zero-order valence-corrected chi connectivity index (χ0v) is 9.30. The molecule has 88 valence electrons. The van der Waals surface area contributed by atoms with Gasteiger partial charge in [-0.05, 0) is 35.2 Å². The molecule has 2 aromatic carbocycles. The van der Waals surface area contributed by atoms with E-state index in [2.05, 4.69) is 0 Å². The van der Waals surface area contributed by atoms with Crippen molar-refractivity contribution in [2.75, 3.05) is 6.61 Å². The average Bonchev–Trinajstić information content (AvgIpc) is 2.29. The lowest BCUT2D eigenvalue weighted by molar-refractivity contribution is 0.299. The van der Waals surface area contributed by atoms with Crippen LogP contribution in [0.25, 0.3) is 11.1 Å². The largest absolute Gasteiger partial charge is 0.508 e. The van der Waals surface area contributed by atoms with Crippen LogP contribution in [0.4, 0.5) is 0 Å². The van der Waals surface area contributed by atoms with Crippen molar-refractivity contribution in [3.05, 3.63) is 48.0 Å². The van der Waals surface area contributed by atoms with E-state index < -0.39 is 0 Å². The summed E-state index contributed by atoms with van der Waals surface area (Å²) in [4.78, 5) is 0. The minimum atomic E-state index is 0.0411. The number of aliphatic hydroxyl groups is 1. The Morgan fingerprint density at radius 2 is 1.35 bits per heavy atom. The zero-order chi connectivity index (χ0) is 12.3. The lowest BCUT2D eigenvalue weighted by Gasteiger charge is -2.05. The fourth-order valence-corrected chi connectivity index (χ4v) is 1.75. The van der Waals surface area contributed by atoms with Gasteiger partial charge in [-0.1, -0.05) is 24.3 Å². The van der Waals surface area contributed by atoms with E-state index in [0.717, 1.165) is 16.7 Å². The average molecular weight is 230 g/mol. The molecule has 0 unspecified atom stereocenters. The van der Waals surface area contributed by atoms with E-state index in [1.54, 1.807) is 12.1 Å². The molecule has 0 atom stereocenters. The highest BCUT2D eigenvalue weighted by atomic mass is 16.3. The first-order valence-electron chi connectivity index (χ1n) is 5.42. The highest BCUT2D eigenvalue weighted by Crippen LogP contribution is 2.28. The van der Waals surface area contributed by atoms with E-state index in [-0.39, 0.29) is 18.1 Å². The van der Waals surface area contributed by atoms with E-state index in [4.69, 9.17) is 5.11 Å². The Morgan fingerprint density at radius 1 is 0.765 bits per heavy atom. The molecule has 0 amide bonds. The summed E-state index contributed by atoms with van der Waals surface area (Å²) in [6.07, 6.45) is 0.631. The molecule has 3 nitrogen and oxygen atoms in total. The van der Waals surface area contributed by atoms with Gasteiger partial charge in [-0.2, -0.15) is 0 Å². The molecule has 0 bridgehead atoms.